The molecule has 98 valence electrons. The van der Waals surface area contributed by atoms with E-state index in [1.165, 1.54) is 6.92 Å². The number of carbonyl (C=O) groups excluding carboxylic acids is 1. The number of carboxylic acids is 1. The third-order valence-electron chi connectivity index (χ3n) is 2.17. The van der Waals surface area contributed by atoms with Gasteiger partial charge in [-0.15, -0.1) is 0 Å². The first-order valence-corrected chi connectivity index (χ1v) is 5.00. The second kappa shape index (κ2) is 5.54. The van der Waals surface area contributed by atoms with Gasteiger partial charge in [-0.3, -0.25) is 9.59 Å². The van der Waals surface area contributed by atoms with Gasteiger partial charge in [0.1, 0.15) is 23.7 Å². The van der Waals surface area contributed by atoms with Crippen molar-refractivity contribution in [3.8, 4) is 0 Å². The maximum atomic E-state index is 13.5. The Kier molecular flexibility index (Phi) is 4.33. The average Bonchev–Trinajstić information content (AvgIpc) is 2.25. The van der Waals surface area contributed by atoms with Gasteiger partial charge in [-0.25, -0.2) is 8.78 Å². The number of nitrogens with one attached hydrogen (secondary N) is 1. The number of carbonyl (C=O) groups is 2. The molecular formula is C11H11F2NO4. The van der Waals surface area contributed by atoms with Crippen LogP contribution in [-0.2, 0) is 4.79 Å². The molecule has 0 aromatic heterocycles. The van der Waals surface area contributed by atoms with E-state index in [1.54, 1.807) is 0 Å². The van der Waals surface area contributed by atoms with Crippen LogP contribution in [0.4, 0.5) is 8.78 Å². The van der Waals surface area contributed by atoms with E-state index in [1.807, 2.05) is 5.32 Å². The van der Waals surface area contributed by atoms with Gasteiger partial charge >= 0.3 is 5.97 Å². The summed E-state index contributed by atoms with van der Waals surface area (Å²) in [4.78, 5) is 21.6. The highest BCUT2D eigenvalue weighted by atomic mass is 19.1. The first-order valence-electron chi connectivity index (χ1n) is 5.00. The summed E-state index contributed by atoms with van der Waals surface area (Å²) in [5.41, 5.74) is -0.888. The summed E-state index contributed by atoms with van der Waals surface area (Å²) < 4.78 is 27.0. The van der Waals surface area contributed by atoms with Crippen LogP contribution in [0.2, 0.25) is 0 Å². The van der Waals surface area contributed by atoms with E-state index in [9.17, 15) is 18.4 Å². The number of hydrogen-bond acceptors (Lipinski definition) is 3. The van der Waals surface area contributed by atoms with Gasteiger partial charge in [0.05, 0.1) is 6.10 Å². The van der Waals surface area contributed by atoms with Crippen molar-refractivity contribution < 1.29 is 28.6 Å². The standard InChI is InChI=1S/C11H11F2NO4/c1-5(15)6-2-7(12)10(8(13)3-6)11(18)14-4-9(16)17/h2-3,5,15H,4H2,1H3,(H,14,18)(H,16,17). The summed E-state index contributed by atoms with van der Waals surface area (Å²) in [6, 6.07) is 1.65. The molecule has 0 aliphatic carbocycles. The van der Waals surface area contributed by atoms with Crippen LogP contribution in [-0.4, -0.2) is 28.6 Å². The fourth-order valence-electron chi connectivity index (χ4n) is 1.30. The van der Waals surface area contributed by atoms with Crippen LogP contribution in [0.15, 0.2) is 12.1 Å². The van der Waals surface area contributed by atoms with Crippen LogP contribution < -0.4 is 5.32 Å². The Bertz CT molecular complexity index is 465. The predicted octanol–water partition coefficient (Wildman–Crippen LogP) is 0.833. The Morgan fingerprint density at radius 2 is 1.83 bits per heavy atom. The van der Waals surface area contributed by atoms with Gasteiger partial charge in [0.25, 0.3) is 5.91 Å². The number of benzene rings is 1. The lowest BCUT2D eigenvalue weighted by atomic mass is 10.1. The van der Waals surface area contributed by atoms with E-state index in [2.05, 4.69) is 0 Å². The van der Waals surface area contributed by atoms with E-state index in [0.717, 1.165) is 12.1 Å². The molecule has 1 aromatic rings. The van der Waals surface area contributed by atoms with Gasteiger partial charge in [0, 0.05) is 0 Å². The highest BCUT2D eigenvalue weighted by Gasteiger charge is 2.20. The summed E-state index contributed by atoms with van der Waals surface area (Å²) in [5, 5.41) is 19.3. The molecule has 0 heterocycles. The zero-order valence-corrected chi connectivity index (χ0v) is 9.41. The minimum atomic E-state index is -1.33. The molecule has 3 N–H and O–H groups in total. The average molecular weight is 259 g/mol. The minimum absolute atomic E-state index is 0.0141. The number of amides is 1. The summed E-state index contributed by atoms with van der Waals surface area (Å²) in [7, 11) is 0. The molecule has 0 saturated carbocycles. The van der Waals surface area contributed by atoms with Crippen molar-refractivity contribution in [3.63, 3.8) is 0 Å². The second-order valence-electron chi connectivity index (χ2n) is 3.61. The van der Waals surface area contributed by atoms with E-state index in [0.29, 0.717) is 0 Å². The highest BCUT2D eigenvalue weighted by Crippen LogP contribution is 2.20. The number of aliphatic hydroxyl groups excluding tert-OH is 1. The largest absolute Gasteiger partial charge is 0.480 e. The van der Waals surface area contributed by atoms with Crippen LogP contribution in [0, 0.1) is 11.6 Å². The summed E-state index contributed by atoms with van der Waals surface area (Å²) >= 11 is 0. The normalized spacial score (nSPS) is 12.0. The zero-order chi connectivity index (χ0) is 13.9. The molecule has 0 spiro atoms. The third kappa shape index (κ3) is 3.24. The molecule has 0 aliphatic heterocycles. The Hall–Kier alpha value is -2.02. The van der Waals surface area contributed by atoms with Gasteiger partial charge in [-0.1, -0.05) is 0 Å². The Morgan fingerprint density at radius 1 is 1.33 bits per heavy atom. The third-order valence-corrected chi connectivity index (χ3v) is 2.17. The molecule has 1 rings (SSSR count). The number of halogens is 2. The molecule has 0 saturated heterocycles. The molecule has 5 nitrogen and oxygen atoms in total. The molecular weight excluding hydrogens is 248 g/mol. The maximum Gasteiger partial charge on any atom is 0.322 e. The number of rotatable bonds is 4. The fourth-order valence-corrected chi connectivity index (χ4v) is 1.30. The smallest absolute Gasteiger partial charge is 0.322 e. The molecule has 7 heteroatoms. The summed E-state index contributed by atoms with van der Waals surface area (Å²) in [6.07, 6.45) is -1.08. The molecule has 0 bridgehead atoms. The van der Waals surface area contributed by atoms with Crippen LogP contribution in [0.1, 0.15) is 28.9 Å². The van der Waals surface area contributed by atoms with E-state index in [4.69, 9.17) is 10.2 Å². The molecule has 0 fully saturated rings. The van der Waals surface area contributed by atoms with Gasteiger partial charge < -0.3 is 15.5 Å². The topological polar surface area (TPSA) is 86.6 Å². The minimum Gasteiger partial charge on any atom is -0.480 e. The van der Waals surface area contributed by atoms with Crippen molar-refractivity contribution in [2.24, 2.45) is 0 Å². The Morgan fingerprint density at radius 3 is 2.22 bits per heavy atom. The van der Waals surface area contributed by atoms with Crippen molar-refractivity contribution in [1.82, 2.24) is 5.32 Å². The van der Waals surface area contributed by atoms with Crippen molar-refractivity contribution in [1.29, 1.82) is 0 Å². The van der Waals surface area contributed by atoms with Crippen LogP contribution in [0.5, 0.6) is 0 Å². The molecule has 1 amide bonds. The van der Waals surface area contributed by atoms with Crippen LogP contribution in [0.3, 0.4) is 0 Å². The molecule has 1 aromatic carbocycles. The van der Waals surface area contributed by atoms with Crippen LogP contribution >= 0.6 is 0 Å². The van der Waals surface area contributed by atoms with Gasteiger partial charge in [0.2, 0.25) is 0 Å². The maximum absolute atomic E-state index is 13.5. The first kappa shape index (κ1) is 14.0. The first-order chi connectivity index (χ1) is 8.32. The number of aliphatic carboxylic acids is 1. The molecule has 0 aliphatic rings. The number of hydrogen-bond donors (Lipinski definition) is 3. The number of aliphatic hydroxyl groups is 1. The van der Waals surface area contributed by atoms with E-state index in [-0.39, 0.29) is 5.56 Å². The van der Waals surface area contributed by atoms with Crippen molar-refractivity contribution in [2.75, 3.05) is 6.54 Å². The molecule has 0 radical (unpaired) electrons. The molecule has 18 heavy (non-hydrogen) atoms. The Balaban J connectivity index is 3.03. The van der Waals surface area contributed by atoms with E-state index < -0.39 is 41.7 Å². The van der Waals surface area contributed by atoms with Crippen molar-refractivity contribution >= 4 is 11.9 Å². The lowest BCUT2D eigenvalue weighted by molar-refractivity contribution is -0.135. The van der Waals surface area contributed by atoms with E-state index >= 15 is 0 Å². The molecule has 1 atom stereocenters. The SMILES string of the molecule is CC(O)c1cc(F)c(C(=O)NCC(=O)O)c(F)c1. The Labute approximate surface area is 101 Å². The highest BCUT2D eigenvalue weighted by molar-refractivity contribution is 5.96. The summed E-state index contributed by atoms with van der Waals surface area (Å²) in [6.45, 7) is 0.578. The lowest BCUT2D eigenvalue weighted by Crippen LogP contribution is -2.30. The second-order valence-corrected chi connectivity index (χ2v) is 3.61. The monoisotopic (exact) mass is 259 g/mol. The fraction of sp³-hybridized carbons (Fsp3) is 0.273. The van der Waals surface area contributed by atoms with Crippen molar-refractivity contribution in [2.45, 2.75) is 13.0 Å². The van der Waals surface area contributed by atoms with Crippen LogP contribution in [0.25, 0.3) is 0 Å². The van der Waals surface area contributed by atoms with Gasteiger partial charge in [-0.05, 0) is 24.6 Å². The van der Waals surface area contributed by atoms with Crippen molar-refractivity contribution in [3.05, 3.63) is 34.9 Å². The zero-order valence-electron chi connectivity index (χ0n) is 9.41. The quantitative estimate of drug-likeness (QED) is 0.747. The van der Waals surface area contributed by atoms with Gasteiger partial charge in [0.15, 0.2) is 0 Å². The van der Waals surface area contributed by atoms with Gasteiger partial charge in [-0.2, -0.15) is 0 Å². The summed E-state index contributed by atoms with van der Waals surface area (Å²) in [5.74, 6) is -4.81. The predicted molar refractivity (Wildman–Crippen MR) is 57.0 cm³/mol. The molecule has 1 unspecified atom stereocenters. The lowest BCUT2D eigenvalue weighted by Gasteiger charge is -2.09. The number of carboxylic acid groups (broad SMARTS) is 1.